The van der Waals surface area contributed by atoms with Gasteiger partial charge in [-0.2, -0.15) is 0 Å². The number of aryl methyl sites for hydroxylation is 1. The van der Waals surface area contributed by atoms with Crippen LogP contribution in [-0.4, -0.2) is 41.1 Å². The van der Waals surface area contributed by atoms with Crippen LogP contribution >= 0.6 is 0 Å². The average molecular weight is 315 g/mol. The monoisotopic (exact) mass is 315 g/mol. The molecule has 0 bridgehead atoms. The minimum absolute atomic E-state index is 0.142. The van der Waals surface area contributed by atoms with E-state index >= 15 is 0 Å². The molecule has 1 fully saturated rings. The molecule has 0 aliphatic carbocycles. The van der Waals surface area contributed by atoms with Crippen LogP contribution in [-0.2, 0) is 19.5 Å². The van der Waals surface area contributed by atoms with E-state index in [4.69, 9.17) is 14.2 Å². The number of methoxy groups -OCH3 is 1. The Labute approximate surface area is 125 Å². The molecular weight excluding hydrogens is 294 g/mol. The predicted molar refractivity (Wildman–Crippen MR) is 77.8 cm³/mol. The molecule has 0 aromatic heterocycles. The summed E-state index contributed by atoms with van der Waals surface area (Å²) in [5, 5.41) is 0. The van der Waals surface area contributed by atoms with Crippen molar-refractivity contribution in [1.82, 2.24) is 4.72 Å². The lowest BCUT2D eigenvalue weighted by Crippen LogP contribution is -2.33. The molecule has 1 heterocycles. The summed E-state index contributed by atoms with van der Waals surface area (Å²) in [7, 11) is -2.18. The highest BCUT2D eigenvalue weighted by molar-refractivity contribution is 7.89. The lowest BCUT2D eigenvalue weighted by molar-refractivity contribution is -0.145. The molecule has 1 saturated heterocycles. The maximum atomic E-state index is 12.4. The highest BCUT2D eigenvalue weighted by atomic mass is 32.2. The molecular formula is C14H21NO5S. The van der Waals surface area contributed by atoms with Gasteiger partial charge in [-0.3, -0.25) is 0 Å². The summed E-state index contributed by atoms with van der Waals surface area (Å²) in [4.78, 5) is 0.142. The molecule has 1 aliphatic heterocycles. The van der Waals surface area contributed by atoms with Crippen molar-refractivity contribution in [3.05, 3.63) is 23.8 Å². The Kier molecular flexibility index (Phi) is 4.88. The van der Waals surface area contributed by atoms with Crippen molar-refractivity contribution in [1.29, 1.82) is 0 Å². The van der Waals surface area contributed by atoms with Gasteiger partial charge < -0.3 is 14.2 Å². The molecule has 1 aliphatic rings. The lowest BCUT2D eigenvalue weighted by atomic mass is 10.2. The first-order valence-electron chi connectivity index (χ1n) is 6.78. The number of hydrogen-bond acceptors (Lipinski definition) is 5. The third kappa shape index (κ3) is 3.94. The highest BCUT2D eigenvalue weighted by Crippen LogP contribution is 2.25. The van der Waals surface area contributed by atoms with E-state index in [0.717, 1.165) is 5.56 Å². The Morgan fingerprint density at radius 3 is 2.62 bits per heavy atom. The van der Waals surface area contributed by atoms with Gasteiger partial charge in [0.2, 0.25) is 10.0 Å². The number of sulfonamides is 1. The zero-order chi connectivity index (χ0) is 15.5. The van der Waals surface area contributed by atoms with E-state index in [-0.39, 0.29) is 11.4 Å². The summed E-state index contributed by atoms with van der Waals surface area (Å²) in [6.45, 7) is 4.95. The topological polar surface area (TPSA) is 73.9 Å². The van der Waals surface area contributed by atoms with Gasteiger partial charge in [-0.25, -0.2) is 13.1 Å². The Morgan fingerprint density at radius 1 is 1.33 bits per heavy atom. The number of benzene rings is 1. The van der Waals surface area contributed by atoms with Gasteiger partial charge in [0, 0.05) is 13.0 Å². The van der Waals surface area contributed by atoms with Crippen LogP contribution in [0.3, 0.4) is 0 Å². The van der Waals surface area contributed by atoms with Crippen molar-refractivity contribution in [2.24, 2.45) is 0 Å². The van der Waals surface area contributed by atoms with Crippen LogP contribution in [0.1, 0.15) is 18.9 Å². The van der Waals surface area contributed by atoms with Crippen LogP contribution in [0.15, 0.2) is 23.1 Å². The molecule has 2 rings (SSSR count). The van der Waals surface area contributed by atoms with Crippen LogP contribution in [0.2, 0.25) is 0 Å². The van der Waals surface area contributed by atoms with Gasteiger partial charge in [0.25, 0.3) is 0 Å². The molecule has 1 N–H and O–H groups in total. The molecule has 0 spiro atoms. The smallest absolute Gasteiger partial charge is 0.244 e. The van der Waals surface area contributed by atoms with Crippen LogP contribution in [0.4, 0.5) is 0 Å². The fourth-order valence-electron chi connectivity index (χ4n) is 2.19. The summed E-state index contributed by atoms with van der Waals surface area (Å²) < 4.78 is 43.3. The largest absolute Gasteiger partial charge is 0.495 e. The van der Waals surface area contributed by atoms with Gasteiger partial charge in [0.1, 0.15) is 10.6 Å². The summed E-state index contributed by atoms with van der Waals surface area (Å²) in [5.74, 6) is -0.383. The Balaban J connectivity index is 2.06. The molecule has 21 heavy (non-hydrogen) atoms. The second-order valence-electron chi connectivity index (χ2n) is 5.13. The number of ether oxygens (including phenoxy) is 3. The Bertz CT molecular complexity index is 593. The summed E-state index contributed by atoms with van der Waals surface area (Å²) in [5.41, 5.74) is 0.852. The summed E-state index contributed by atoms with van der Waals surface area (Å²) >= 11 is 0. The number of nitrogens with one attached hydrogen (secondary N) is 1. The molecule has 0 atom stereocenters. The molecule has 7 heteroatoms. The van der Waals surface area contributed by atoms with E-state index in [2.05, 4.69) is 4.72 Å². The average Bonchev–Trinajstić information content (AvgIpc) is 2.85. The zero-order valence-corrected chi connectivity index (χ0v) is 13.3. The molecule has 1 aromatic carbocycles. The van der Waals surface area contributed by atoms with E-state index < -0.39 is 15.8 Å². The van der Waals surface area contributed by atoms with Gasteiger partial charge in [-0.15, -0.1) is 0 Å². The van der Waals surface area contributed by atoms with Gasteiger partial charge in [-0.05, 0) is 31.5 Å². The third-order valence-corrected chi connectivity index (χ3v) is 4.86. The first kappa shape index (κ1) is 16.2. The Morgan fingerprint density at radius 2 is 2.00 bits per heavy atom. The molecule has 0 amide bonds. The fourth-order valence-corrected chi connectivity index (χ4v) is 3.47. The van der Waals surface area contributed by atoms with E-state index in [1.54, 1.807) is 18.2 Å². The zero-order valence-electron chi connectivity index (χ0n) is 12.5. The quantitative estimate of drug-likeness (QED) is 0.860. The van der Waals surface area contributed by atoms with Crippen LogP contribution in [0.25, 0.3) is 0 Å². The molecule has 6 nitrogen and oxygen atoms in total. The van der Waals surface area contributed by atoms with Gasteiger partial charge in [-0.1, -0.05) is 6.07 Å². The fraction of sp³-hybridized carbons (Fsp3) is 0.571. The first-order chi connectivity index (χ1) is 9.86. The van der Waals surface area contributed by atoms with Crippen molar-refractivity contribution in [2.75, 3.05) is 26.9 Å². The third-order valence-electron chi connectivity index (χ3n) is 3.38. The normalized spacial score (nSPS) is 17.9. The number of hydrogen-bond donors (Lipinski definition) is 1. The van der Waals surface area contributed by atoms with Gasteiger partial charge in [0.15, 0.2) is 5.79 Å². The van der Waals surface area contributed by atoms with E-state index in [9.17, 15) is 8.42 Å². The second kappa shape index (κ2) is 6.31. The number of rotatable bonds is 6. The first-order valence-corrected chi connectivity index (χ1v) is 8.27. The van der Waals surface area contributed by atoms with Crippen LogP contribution in [0.5, 0.6) is 5.75 Å². The minimum atomic E-state index is -3.63. The summed E-state index contributed by atoms with van der Waals surface area (Å²) in [6.07, 6.45) is 0.445. The predicted octanol–water partition coefficient (Wildman–Crippen LogP) is 1.44. The SMILES string of the molecule is COc1ccc(C)cc1S(=O)(=O)NCCC1(C)OCCO1. The molecule has 0 unspecified atom stereocenters. The van der Waals surface area contributed by atoms with Crippen LogP contribution in [0, 0.1) is 6.92 Å². The van der Waals surface area contributed by atoms with Crippen molar-refractivity contribution in [2.45, 2.75) is 31.0 Å². The van der Waals surface area contributed by atoms with Gasteiger partial charge in [0.05, 0.1) is 20.3 Å². The Hall–Kier alpha value is -1.15. The summed E-state index contributed by atoms with van der Waals surface area (Å²) in [6, 6.07) is 5.04. The minimum Gasteiger partial charge on any atom is -0.495 e. The molecule has 0 saturated carbocycles. The van der Waals surface area contributed by atoms with E-state index in [1.807, 2.05) is 13.8 Å². The van der Waals surface area contributed by atoms with Crippen molar-refractivity contribution >= 4 is 10.0 Å². The van der Waals surface area contributed by atoms with Crippen molar-refractivity contribution < 1.29 is 22.6 Å². The van der Waals surface area contributed by atoms with Crippen molar-refractivity contribution in [3.8, 4) is 5.75 Å². The van der Waals surface area contributed by atoms with Crippen LogP contribution < -0.4 is 9.46 Å². The molecule has 1 aromatic rings. The van der Waals surface area contributed by atoms with E-state index in [0.29, 0.717) is 25.4 Å². The van der Waals surface area contributed by atoms with E-state index in [1.165, 1.54) is 7.11 Å². The maximum absolute atomic E-state index is 12.4. The second-order valence-corrected chi connectivity index (χ2v) is 6.87. The highest BCUT2D eigenvalue weighted by Gasteiger charge is 2.31. The maximum Gasteiger partial charge on any atom is 0.244 e. The molecule has 0 radical (unpaired) electrons. The van der Waals surface area contributed by atoms with Crippen molar-refractivity contribution in [3.63, 3.8) is 0 Å². The van der Waals surface area contributed by atoms with Gasteiger partial charge >= 0.3 is 0 Å². The molecule has 118 valence electrons. The lowest BCUT2D eigenvalue weighted by Gasteiger charge is -2.22. The standard InChI is InChI=1S/C14H21NO5S/c1-11-4-5-12(18-3)13(10-11)21(16,17)15-7-6-14(2)19-8-9-20-14/h4-5,10,15H,6-9H2,1-3H3.